The Bertz CT molecular complexity index is 353. The highest BCUT2D eigenvalue weighted by Gasteiger charge is 1.99. The van der Waals surface area contributed by atoms with Crippen molar-refractivity contribution in [2.75, 3.05) is 0 Å². The first-order valence-corrected chi connectivity index (χ1v) is 5.65. The molecule has 1 aromatic rings. The van der Waals surface area contributed by atoms with Crippen LogP contribution in [0, 0.1) is 6.92 Å². The van der Waals surface area contributed by atoms with E-state index < -0.39 is 0 Å². The van der Waals surface area contributed by atoms with E-state index in [0.717, 1.165) is 6.42 Å². The Hall–Kier alpha value is -1.08. The van der Waals surface area contributed by atoms with Gasteiger partial charge in [0.25, 0.3) is 0 Å². The van der Waals surface area contributed by atoms with E-state index in [1.165, 1.54) is 15.3 Å². The first-order chi connectivity index (χ1) is 6.77. The molecule has 74 valence electrons. The fourth-order valence-electron chi connectivity index (χ4n) is 1.23. The number of aryl methyl sites for hydroxylation is 1. The first kappa shape index (κ1) is 11.0. The second-order valence-corrected chi connectivity index (χ2v) is 4.36. The van der Waals surface area contributed by atoms with Crippen molar-refractivity contribution in [3.8, 4) is 0 Å². The van der Waals surface area contributed by atoms with Gasteiger partial charge in [0.2, 0.25) is 0 Å². The Morgan fingerprint density at radius 2 is 2.29 bits per heavy atom. The fraction of sp³-hybridized carbons (Fsp3) is 0.231. The lowest BCUT2D eigenvalue weighted by atomic mass is 10.1. The Morgan fingerprint density at radius 1 is 1.50 bits per heavy atom. The van der Waals surface area contributed by atoms with E-state index in [-0.39, 0.29) is 0 Å². The van der Waals surface area contributed by atoms with Gasteiger partial charge in [0.05, 0.1) is 0 Å². The quantitative estimate of drug-likeness (QED) is 0.629. The molecule has 1 heteroatoms. The highest BCUT2D eigenvalue weighted by atomic mass is 32.1. The number of rotatable bonds is 4. The number of hydrogen-bond acceptors (Lipinski definition) is 1. The molecular weight excluding hydrogens is 188 g/mol. The summed E-state index contributed by atoms with van der Waals surface area (Å²) < 4.78 is 0. The van der Waals surface area contributed by atoms with Crippen LogP contribution in [0.3, 0.4) is 0 Å². The lowest BCUT2D eigenvalue weighted by Gasteiger charge is -1.96. The zero-order valence-corrected chi connectivity index (χ0v) is 9.60. The van der Waals surface area contributed by atoms with Gasteiger partial charge in [-0.15, -0.1) is 11.3 Å². The average molecular weight is 204 g/mol. The molecule has 0 N–H and O–H groups in total. The van der Waals surface area contributed by atoms with Gasteiger partial charge in [-0.2, -0.15) is 0 Å². The molecule has 0 aromatic carbocycles. The van der Waals surface area contributed by atoms with Crippen LogP contribution in [0.1, 0.15) is 23.1 Å². The van der Waals surface area contributed by atoms with E-state index >= 15 is 0 Å². The number of allylic oxidation sites excluding steroid dienone is 5. The van der Waals surface area contributed by atoms with E-state index in [9.17, 15) is 0 Å². The first-order valence-electron chi connectivity index (χ1n) is 4.84. The third kappa shape index (κ3) is 3.00. The van der Waals surface area contributed by atoms with Crippen LogP contribution < -0.4 is 0 Å². The van der Waals surface area contributed by atoms with Crippen LogP contribution in [0.4, 0.5) is 0 Å². The molecule has 1 aromatic heterocycles. The van der Waals surface area contributed by atoms with Gasteiger partial charge in [-0.3, -0.25) is 0 Å². The summed E-state index contributed by atoms with van der Waals surface area (Å²) in [6, 6.07) is 4.33. The van der Waals surface area contributed by atoms with Crippen LogP contribution in [-0.2, 0) is 0 Å². The van der Waals surface area contributed by atoms with Gasteiger partial charge < -0.3 is 0 Å². The van der Waals surface area contributed by atoms with Gasteiger partial charge in [0, 0.05) is 9.75 Å². The standard InChI is InChI=1S/C13H16S/c1-4-6-8-12(7-5-2)13-10-9-11(3)14-13/h4,6-10H,1,5H2,2-3H3/b8-6-,12-7+. The number of thiophene rings is 1. The van der Waals surface area contributed by atoms with E-state index in [1.54, 1.807) is 0 Å². The predicted octanol–water partition coefficient (Wildman–Crippen LogP) is 4.59. The molecule has 0 aliphatic rings. The van der Waals surface area contributed by atoms with Crippen LogP contribution in [0.5, 0.6) is 0 Å². The lowest BCUT2D eigenvalue weighted by molar-refractivity contribution is 1.23. The SMILES string of the molecule is C=C/C=C\C(=C/CC)c1ccc(C)s1. The van der Waals surface area contributed by atoms with Crippen LogP contribution in [-0.4, -0.2) is 0 Å². The summed E-state index contributed by atoms with van der Waals surface area (Å²) in [7, 11) is 0. The maximum Gasteiger partial charge on any atom is 0.0342 e. The highest BCUT2D eigenvalue weighted by molar-refractivity contribution is 7.13. The monoisotopic (exact) mass is 204 g/mol. The third-order valence-electron chi connectivity index (χ3n) is 1.86. The van der Waals surface area contributed by atoms with Crippen molar-refractivity contribution < 1.29 is 0 Å². The largest absolute Gasteiger partial charge is 0.141 e. The van der Waals surface area contributed by atoms with E-state index in [2.05, 4.69) is 44.7 Å². The van der Waals surface area contributed by atoms with Crippen LogP contribution in [0.25, 0.3) is 5.57 Å². The molecule has 0 nitrogen and oxygen atoms in total. The van der Waals surface area contributed by atoms with Crippen LogP contribution >= 0.6 is 11.3 Å². The predicted molar refractivity (Wildman–Crippen MR) is 66.7 cm³/mol. The Balaban J connectivity index is 2.94. The normalized spacial score (nSPS) is 12.3. The summed E-state index contributed by atoms with van der Waals surface area (Å²) in [6.45, 7) is 7.97. The molecule has 0 atom stereocenters. The average Bonchev–Trinajstić information content (AvgIpc) is 2.59. The van der Waals surface area contributed by atoms with Crippen LogP contribution in [0.15, 0.2) is 43.0 Å². The summed E-state index contributed by atoms with van der Waals surface area (Å²) >= 11 is 1.83. The van der Waals surface area contributed by atoms with Gasteiger partial charge >= 0.3 is 0 Å². The molecule has 14 heavy (non-hydrogen) atoms. The van der Waals surface area contributed by atoms with Crippen molar-refractivity contribution in [3.05, 3.63) is 52.8 Å². The molecule has 1 heterocycles. The topological polar surface area (TPSA) is 0 Å². The summed E-state index contributed by atoms with van der Waals surface area (Å²) in [4.78, 5) is 2.69. The zero-order valence-electron chi connectivity index (χ0n) is 8.79. The molecule has 0 saturated carbocycles. The van der Waals surface area contributed by atoms with Crippen molar-refractivity contribution in [2.45, 2.75) is 20.3 Å². The highest BCUT2D eigenvalue weighted by Crippen LogP contribution is 2.25. The summed E-state index contributed by atoms with van der Waals surface area (Å²) in [6.07, 6.45) is 9.21. The van der Waals surface area contributed by atoms with Crippen molar-refractivity contribution >= 4 is 16.9 Å². The van der Waals surface area contributed by atoms with Crippen molar-refractivity contribution in [1.82, 2.24) is 0 Å². The van der Waals surface area contributed by atoms with E-state index in [0.29, 0.717) is 0 Å². The zero-order chi connectivity index (χ0) is 10.4. The molecule has 0 amide bonds. The molecule has 0 fully saturated rings. The van der Waals surface area contributed by atoms with Crippen molar-refractivity contribution in [3.63, 3.8) is 0 Å². The summed E-state index contributed by atoms with van der Waals surface area (Å²) in [5, 5.41) is 0. The molecule has 0 aliphatic heterocycles. The molecule has 0 unspecified atom stereocenters. The fourth-order valence-corrected chi connectivity index (χ4v) is 2.12. The molecular formula is C13H16S. The molecule has 0 spiro atoms. The van der Waals surface area contributed by atoms with E-state index in [1.807, 2.05) is 23.5 Å². The van der Waals surface area contributed by atoms with Gasteiger partial charge in [-0.05, 0) is 31.1 Å². The van der Waals surface area contributed by atoms with Crippen molar-refractivity contribution in [2.24, 2.45) is 0 Å². The third-order valence-corrected chi connectivity index (χ3v) is 2.91. The van der Waals surface area contributed by atoms with E-state index in [4.69, 9.17) is 0 Å². The Kier molecular flexibility index (Phi) is 4.41. The Morgan fingerprint density at radius 3 is 2.79 bits per heavy atom. The van der Waals surface area contributed by atoms with Gasteiger partial charge in [-0.25, -0.2) is 0 Å². The summed E-state index contributed by atoms with van der Waals surface area (Å²) in [5.74, 6) is 0. The number of hydrogen-bond donors (Lipinski definition) is 0. The molecule has 0 radical (unpaired) electrons. The minimum Gasteiger partial charge on any atom is -0.141 e. The Labute approximate surface area is 90.3 Å². The smallest absolute Gasteiger partial charge is 0.0342 e. The second kappa shape index (κ2) is 5.61. The van der Waals surface area contributed by atoms with Gasteiger partial charge in [-0.1, -0.05) is 37.8 Å². The molecule has 0 aliphatic carbocycles. The minimum absolute atomic E-state index is 1.06. The maximum atomic E-state index is 3.68. The van der Waals surface area contributed by atoms with Crippen molar-refractivity contribution in [1.29, 1.82) is 0 Å². The molecule has 1 rings (SSSR count). The lowest BCUT2D eigenvalue weighted by Crippen LogP contribution is -1.73. The van der Waals surface area contributed by atoms with Gasteiger partial charge in [0.15, 0.2) is 0 Å². The second-order valence-electron chi connectivity index (χ2n) is 3.07. The molecule has 0 bridgehead atoms. The van der Waals surface area contributed by atoms with Crippen LogP contribution in [0.2, 0.25) is 0 Å². The van der Waals surface area contributed by atoms with Gasteiger partial charge in [0.1, 0.15) is 0 Å². The molecule has 0 saturated heterocycles. The minimum atomic E-state index is 1.06. The summed E-state index contributed by atoms with van der Waals surface area (Å²) in [5.41, 5.74) is 1.30. The maximum absolute atomic E-state index is 3.68.